The van der Waals surface area contributed by atoms with Gasteiger partial charge in [-0.3, -0.25) is 9.69 Å². The van der Waals surface area contributed by atoms with E-state index in [9.17, 15) is 4.79 Å². The summed E-state index contributed by atoms with van der Waals surface area (Å²) in [6.45, 7) is 8.30. The highest BCUT2D eigenvalue weighted by molar-refractivity contribution is 5.78. The maximum atomic E-state index is 12.1. The third kappa shape index (κ3) is 3.23. The molecule has 0 saturated carbocycles. The Morgan fingerprint density at radius 3 is 2.94 bits per heavy atom. The Morgan fingerprint density at radius 1 is 1.33 bits per heavy atom. The Morgan fingerprint density at radius 2 is 2.17 bits per heavy atom. The third-order valence-corrected chi connectivity index (χ3v) is 4.08. The molecule has 0 aliphatic carbocycles. The Labute approximate surface area is 110 Å². The van der Waals surface area contributed by atoms with E-state index in [2.05, 4.69) is 18.7 Å². The zero-order chi connectivity index (χ0) is 13.0. The Hall–Kier alpha value is -0.610. The molecule has 2 aliphatic rings. The highest BCUT2D eigenvalue weighted by Crippen LogP contribution is 2.23. The SMILES string of the molecule is CCCOCC(=O)N1CC2CCCCN2CC1C. The van der Waals surface area contributed by atoms with Crippen LogP contribution in [0.5, 0.6) is 0 Å². The first-order valence-electron chi connectivity index (χ1n) is 7.33. The third-order valence-electron chi connectivity index (χ3n) is 4.08. The van der Waals surface area contributed by atoms with E-state index in [1.54, 1.807) is 0 Å². The van der Waals surface area contributed by atoms with Crippen molar-refractivity contribution in [2.24, 2.45) is 0 Å². The second-order valence-electron chi connectivity index (χ2n) is 5.59. The average Bonchev–Trinajstić information content (AvgIpc) is 2.38. The Balaban J connectivity index is 1.86. The lowest BCUT2D eigenvalue weighted by Crippen LogP contribution is -2.60. The topological polar surface area (TPSA) is 32.8 Å². The number of nitrogens with zero attached hydrogens (tertiary/aromatic N) is 2. The molecular weight excluding hydrogens is 228 g/mol. The summed E-state index contributed by atoms with van der Waals surface area (Å²) in [5.74, 6) is 0.168. The van der Waals surface area contributed by atoms with E-state index in [-0.39, 0.29) is 12.5 Å². The van der Waals surface area contributed by atoms with E-state index in [1.807, 2.05) is 4.90 Å². The molecule has 2 heterocycles. The molecule has 2 unspecified atom stereocenters. The van der Waals surface area contributed by atoms with E-state index < -0.39 is 0 Å². The molecule has 18 heavy (non-hydrogen) atoms. The van der Waals surface area contributed by atoms with Crippen molar-refractivity contribution in [3.63, 3.8) is 0 Å². The van der Waals surface area contributed by atoms with Crippen LogP contribution in [-0.2, 0) is 9.53 Å². The van der Waals surface area contributed by atoms with Crippen LogP contribution in [-0.4, -0.2) is 60.6 Å². The molecule has 1 amide bonds. The normalized spacial score (nSPS) is 29.1. The fourth-order valence-corrected chi connectivity index (χ4v) is 3.09. The van der Waals surface area contributed by atoms with Crippen molar-refractivity contribution in [1.29, 1.82) is 0 Å². The fraction of sp³-hybridized carbons (Fsp3) is 0.929. The molecule has 0 aromatic heterocycles. The summed E-state index contributed by atoms with van der Waals surface area (Å²) >= 11 is 0. The molecule has 0 aromatic carbocycles. The van der Waals surface area contributed by atoms with Gasteiger partial charge in [-0.1, -0.05) is 13.3 Å². The molecule has 0 aromatic rings. The number of piperidine rings is 1. The summed E-state index contributed by atoms with van der Waals surface area (Å²) in [6, 6.07) is 0.919. The highest BCUT2D eigenvalue weighted by Gasteiger charge is 2.34. The van der Waals surface area contributed by atoms with Gasteiger partial charge in [0.2, 0.25) is 5.91 Å². The lowest BCUT2D eigenvalue weighted by molar-refractivity contribution is -0.143. The predicted molar refractivity (Wildman–Crippen MR) is 71.5 cm³/mol. The van der Waals surface area contributed by atoms with E-state index in [0.717, 1.165) is 19.5 Å². The van der Waals surface area contributed by atoms with Crippen LogP contribution in [0.15, 0.2) is 0 Å². The maximum Gasteiger partial charge on any atom is 0.248 e. The predicted octanol–water partition coefficient (Wildman–Crippen LogP) is 1.50. The van der Waals surface area contributed by atoms with Gasteiger partial charge in [-0.25, -0.2) is 0 Å². The molecule has 4 nitrogen and oxygen atoms in total. The van der Waals surface area contributed by atoms with Crippen LogP contribution in [0.25, 0.3) is 0 Å². The molecular formula is C14H26N2O2. The summed E-state index contributed by atoms with van der Waals surface area (Å²) in [5, 5.41) is 0. The van der Waals surface area contributed by atoms with Crippen LogP contribution >= 0.6 is 0 Å². The van der Waals surface area contributed by atoms with Crippen LogP contribution in [0.2, 0.25) is 0 Å². The minimum atomic E-state index is 0.168. The first kappa shape index (κ1) is 13.8. The average molecular weight is 254 g/mol. The van der Waals surface area contributed by atoms with Crippen LogP contribution in [0.4, 0.5) is 0 Å². The van der Waals surface area contributed by atoms with Gasteiger partial charge in [0.15, 0.2) is 0 Å². The molecule has 0 spiro atoms. The van der Waals surface area contributed by atoms with E-state index in [0.29, 0.717) is 18.7 Å². The minimum Gasteiger partial charge on any atom is -0.372 e. The molecule has 2 saturated heterocycles. The number of ether oxygens (including phenoxy) is 1. The molecule has 2 fully saturated rings. The molecule has 2 aliphatic heterocycles. The van der Waals surface area contributed by atoms with Gasteiger partial charge in [-0.15, -0.1) is 0 Å². The Bertz CT molecular complexity index is 283. The minimum absolute atomic E-state index is 0.168. The van der Waals surface area contributed by atoms with Crippen molar-refractivity contribution in [3.8, 4) is 0 Å². The van der Waals surface area contributed by atoms with Crippen LogP contribution < -0.4 is 0 Å². The summed E-state index contributed by atoms with van der Waals surface area (Å²) in [5.41, 5.74) is 0. The van der Waals surface area contributed by atoms with Crippen LogP contribution in [0, 0.1) is 0 Å². The van der Waals surface area contributed by atoms with Crippen LogP contribution in [0.3, 0.4) is 0 Å². The standard InChI is InChI=1S/C14H26N2O2/c1-3-8-18-11-14(17)16-10-13-6-4-5-7-15(13)9-12(16)2/h12-13H,3-11H2,1-2H3. The number of piperazine rings is 1. The maximum absolute atomic E-state index is 12.1. The van der Waals surface area contributed by atoms with Gasteiger partial charge in [0, 0.05) is 31.8 Å². The van der Waals surface area contributed by atoms with E-state index >= 15 is 0 Å². The monoisotopic (exact) mass is 254 g/mol. The smallest absolute Gasteiger partial charge is 0.248 e. The number of carbonyl (C=O) groups is 1. The van der Waals surface area contributed by atoms with Gasteiger partial charge >= 0.3 is 0 Å². The summed E-state index contributed by atoms with van der Waals surface area (Å²) in [4.78, 5) is 16.7. The van der Waals surface area contributed by atoms with Gasteiger partial charge in [0.05, 0.1) is 0 Å². The quantitative estimate of drug-likeness (QED) is 0.713. The van der Waals surface area contributed by atoms with Crippen molar-refractivity contribution >= 4 is 5.91 Å². The lowest BCUT2D eigenvalue weighted by Gasteiger charge is -2.47. The molecule has 4 heteroatoms. The van der Waals surface area contributed by atoms with Crippen molar-refractivity contribution < 1.29 is 9.53 Å². The summed E-state index contributed by atoms with van der Waals surface area (Å²) < 4.78 is 5.38. The molecule has 0 radical (unpaired) electrons. The molecule has 104 valence electrons. The second-order valence-corrected chi connectivity index (χ2v) is 5.59. The van der Waals surface area contributed by atoms with Crippen molar-refractivity contribution in [2.75, 3.05) is 32.8 Å². The Kier molecular flexibility index (Phi) is 5.01. The zero-order valence-corrected chi connectivity index (χ0v) is 11.7. The number of carbonyl (C=O) groups excluding carboxylic acids is 1. The zero-order valence-electron chi connectivity index (χ0n) is 11.7. The van der Waals surface area contributed by atoms with Gasteiger partial charge in [-0.2, -0.15) is 0 Å². The van der Waals surface area contributed by atoms with Crippen molar-refractivity contribution in [3.05, 3.63) is 0 Å². The largest absolute Gasteiger partial charge is 0.372 e. The number of hydrogen-bond donors (Lipinski definition) is 0. The number of fused-ring (bicyclic) bond motifs is 1. The number of hydrogen-bond acceptors (Lipinski definition) is 3. The van der Waals surface area contributed by atoms with Gasteiger partial charge in [-0.05, 0) is 32.7 Å². The van der Waals surface area contributed by atoms with Crippen molar-refractivity contribution in [2.45, 2.75) is 51.6 Å². The summed E-state index contributed by atoms with van der Waals surface area (Å²) in [7, 11) is 0. The molecule has 2 atom stereocenters. The van der Waals surface area contributed by atoms with Crippen LogP contribution in [0.1, 0.15) is 39.5 Å². The van der Waals surface area contributed by atoms with Gasteiger partial charge in [0.1, 0.15) is 6.61 Å². The van der Waals surface area contributed by atoms with Gasteiger partial charge in [0.25, 0.3) is 0 Å². The fourth-order valence-electron chi connectivity index (χ4n) is 3.09. The summed E-state index contributed by atoms with van der Waals surface area (Å²) in [6.07, 6.45) is 4.84. The van der Waals surface area contributed by atoms with Crippen molar-refractivity contribution in [1.82, 2.24) is 9.80 Å². The molecule has 0 N–H and O–H groups in total. The molecule has 2 rings (SSSR count). The first-order chi connectivity index (χ1) is 8.72. The highest BCUT2D eigenvalue weighted by atomic mass is 16.5. The second kappa shape index (κ2) is 6.53. The van der Waals surface area contributed by atoms with Gasteiger partial charge < -0.3 is 9.64 Å². The lowest BCUT2D eigenvalue weighted by atomic mass is 9.97. The first-order valence-corrected chi connectivity index (χ1v) is 7.33. The van der Waals surface area contributed by atoms with E-state index in [4.69, 9.17) is 4.74 Å². The number of rotatable bonds is 4. The van der Waals surface area contributed by atoms with E-state index in [1.165, 1.54) is 25.8 Å². The number of amides is 1. The molecule has 0 bridgehead atoms.